The van der Waals surface area contributed by atoms with Crippen LogP contribution in [-0.4, -0.2) is 37.9 Å². The van der Waals surface area contributed by atoms with Crippen LogP contribution in [0.4, 0.5) is 0 Å². The Hall–Kier alpha value is -3.35. The summed E-state index contributed by atoms with van der Waals surface area (Å²) in [7, 11) is 0. The number of rotatable bonds is 7. The van der Waals surface area contributed by atoms with E-state index in [0.717, 1.165) is 11.3 Å². The molecule has 7 heteroatoms. The number of nitrogens with one attached hydrogen (secondary N) is 1. The fraction of sp³-hybridized carbons (Fsp3) is 0.211. The summed E-state index contributed by atoms with van der Waals surface area (Å²) in [6.07, 6.45) is 2.03. The molecule has 0 radical (unpaired) electrons. The van der Waals surface area contributed by atoms with E-state index in [1.165, 1.54) is 6.33 Å². The highest BCUT2D eigenvalue weighted by Crippen LogP contribution is 2.09. The Morgan fingerprint density at radius 2 is 1.81 bits per heavy atom. The van der Waals surface area contributed by atoms with E-state index in [4.69, 9.17) is 0 Å². The zero-order chi connectivity index (χ0) is 18.4. The van der Waals surface area contributed by atoms with Gasteiger partial charge in [0.25, 0.3) is 0 Å². The number of ketones is 1. The Kier molecular flexibility index (Phi) is 5.48. The third-order valence-electron chi connectivity index (χ3n) is 3.91. The Morgan fingerprint density at radius 3 is 2.46 bits per heavy atom. The van der Waals surface area contributed by atoms with Gasteiger partial charge in [-0.2, -0.15) is 0 Å². The predicted octanol–water partition coefficient (Wildman–Crippen LogP) is 1.98. The zero-order valence-electron chi connectivity index (χ0n) is 14.4. The van der Waals surface area contributed by atoms with Gasteiger partial charge in [-0.05, 0) is 35.0 Å². The van der Waals surface area contributed by atoms with Crippen LogP contribution >= 0.6 is 0 Å². The van der Waals surface area contributed by atoms with Gasteiger partial charge < -0.3 is 5.32 Å². The van der Waals surface area contributed by atoms with E-state index >= 15 is 0 Å². The number of amides is 1. The molecule has 3 rings (SSSR count). The molecular weight excluding hydrogens is 330 g/mol. The lowest BCUT2D eigenvalue weighted by Crippen LogP contribution is -2.35. The van der Waals surface area contributed by atoms with Crippen LogP contribution in [0.3, 0.4) is 0 Å². The van der Waals surface area contributed by atoms with E-state index in [9.17, 15) is 9.59 Å². The summed E-state index contributed by atoms with van der Waals surface area (Å²) in [6, 6.07) is 16.3. The topological polar surface area (TPSA) is 89.8 Å². The summed E-state index contributed by atoms with van der Waals surface area (Å²) in [6.45, 7) is 1.83. The van der Waals surface area contributed by atoms with E-state index in [-0.39, 0.29) is 30.6 Å². The fourth-order valence-corrected chi connectivity index (χ4v) is 2.63. The molecule has 3 aromatic rings. The van der Waals surface area contributed by atoms with Gasteiger partial charge in [0.15, 0.2) is 5.78 Å². The van der Waals surface area contributed by atoms with Crippen molar-refractivity contribution in [2.45, 2.75) is 25.8 Å². The molecule has 0 spiro atoms. The van der Waals surface area contributed by atoms with E-state index in [0.29, 0.717) is 5.56 Å². The number of hydrogen-bond acceptors (Lipinski definition) is 5. The number of nitrogens with zero attached hydrogens (tertiary/aromatic N) is 4. The van der Waals surface area contributed by atoms with Crippen LogP contribution in [0.1, 0.15) is 29.3 Å². The molecule has 1 N–H and O–H groups in total. The van der Waals surface area contributed by atoms with E-state index in [2.05, 4.69) is 20.8 Å². The van der Waals surface area contributed by atoms with Crippen LogP contribution in [0.5, 0.6) is 0 Å². The molecule has 0 aliphatic rings. The maximum absolute atomic E-state index is 12.2. The largest absolute Gasteiger partial charge is 0.353 e. The van der Waals surface area contributed by atoms with Crippen LogP contribution in [0.25, 0.3) is 5.69 Å². The van der Waals surface area contributed by atoms with Gasteiger partial charge in [0.1, 0.15) is 6.33 Å². The molecule has 2 aromatic carbocycles. The third kappa shape index (κ3) is 4.60. The van der Waals surface area contributed by atoms with Crippen molar-refractivity contribution in [3.63, 3.8) is 0 Å². The van der Waals surface area contributed by atoms with Gasteiger partial charge in [0.05, 0.1) is 12.1 Å². The lowest BCUT2D eigenvalue weighted by molar-refractivity contribution is -0.121. The van der Waals surface area contributed by atoms with Crippen molar-refractivity contribution in [2.75, 3.05) is 0 Å². The van der Waals surface area contributed by atoms with Gasteiger partial charge in [-0.25, -0.2) is 4.68 Å². The summed E-state index contributed by atoms with van der Waals surface area (Å²) in [4.78, 5) is 24.4. The molecule has 1 amide bonds. The average molecular weight is 349 g/mol. The number of aromatic nitrogens is 4. The maximum Gasteiger partial charge on any atom is 0.224 e. The molecule has 1 aromatic heterocycles. The highest BCUT2D eigenvalue weighted by molar-refractivity contribution is 5.96. The molecule has 1 unspecified atom stereocenters. The molecule has 0 bridgehead atoms. The quantitative estimate of drug-likeness (QED) is 0.659. The second kappa shape index (κ2) is 8.15. The summed E-state index contributed by atoms with van der Waals surface area (Å²) in [5.74, 6) is -0.0993. The minimum absolute atomic E-state index is 0.0178. The standard InChI is InChI=1S/C19H19N5O2/c1-14(11-18(25)16-5-3-2-4-6-16)21-19(26)12-15-7-9-17(10-8-15)24-13-20-22-23-24/h2-10,13-14H,11-12H2,1H3,(H,21,26). The third-order valence-corrected chi connectivity index (χ3v) is 3.91. The van der Waals surface area contributed by atoms with Gasteiger partial charge in [0, 0.05) is 18.0 Å². The van der Waals surface area contributed by atoms with Gasteiger partial charge in [-0.15, -0.1) is 5.10 Å². The minimum atomic E-state index is -0.226. The highest BCUT2D eigenvalue weighted by atomic mass is 16.1. The summed E-state index contributed by atoms with van der Waals surface area (Å²) >= 11 is 0. The van der Waals surface area contributed by atoms with Crippen molar-refractivity contribution in [3.8, 4) is 5.69 Å². The Labute approximate surface area is 151 Å². The number of carbonyl (C=O) groups is 2. The molecule has 0 aliphatic heterocycles. The number of benzene rings is 2. The van der Waals surface area contributed by atoms with Crippen molar-refractivity contribution in [2.24, 2.45) is 0 Å². The van der Waals surface area contributed by atoms with Gasteiger partial charge in [0.2, 0.25) is 5.91 Å². The lowest BCUT2D eigenvalue weighted by atomic mass is 10.0. The highest BCUT2D eigenvalue weighted by Gasteiger charge is 2.13. The van der Waals surface area contributed by atoms with Gasteiger partial charge in [-0.3, -0.25) is 9.59 Å². The van der Waals surface area contributed by atoms with Crippen molar-refractivity contribution < 1.29 is 9.59 Å². The molecule has 0 aliphatic carbocycles. The first-order chi connectivity index (χ1) is 12.6. The summed E-state index contributed by atoms with van der Waals surface area (Å²) < 4.78 is 1.54. The van der Waals surface area contributed by atoms with E-state index < -0.39 is 0 Å². The van der Waals surface area contributed by atoms with Crippen LogP contribution < -0.4 is 5.32 Å². The second-order valence-corrected chi connectivity index (χ2v) is 6.06. The molecule has 7 nitrogen and oxygen atoms in total. The number of tetrazole rings is 1. The molecule has 132 valence electrons. The van der Waals surface area contributed by atoms with Crippen molar-refractivity contribution in [1.29, 1.82) is 0 Å². The second-order valence-electron chi connectivity index (χ2n) is 6.06. The number of hydrogen-bond donors (Lipinski definition) is 1. The monoisotopic (exact) mass is 349 g/mol. The van der Waals surface area contributed by atoms with E-state index in [1.54, 1.807) is 16.8 Å². The minimum Gasteiger partial charge on any atom is -0.353 e. The normalized spacial score (nSPS) is 11.7. The lowest BCUT2D eigenvalue weighted by Gasteiger charge is -2.13. The molecule has 0 saturated heterocycles. The van der Waals surface area contributed by atoms with Crippen molar-refractivity contribution in [3.05, 3.63) is 72.1 Å². The van der Waals surface area contributed by atoms with Crippen molar-refractivity contribution >= 4 is 11.7 Å². The molecule has 1 atom stereocenters. The van der Waals surface area contributed by atoms with Crippen LogP contribution in [0.15, 0.2) is 60.9 Å². The maximum atomic E-state index is 12.2. The summed E-state index contributed by atoms with van der Waals surface area (Å²) in [5, 5.41) is 13.9. The first kappa shape index (κ1) is 17.5. The zero-order valence-corrected chi connectivity index (χ0v) is 14.4. The number of Topliss-reactive ketones (excluding diaryl/α,β-unsaturated/α-hetero) is 1. The molecule has 0 saturated carbocycles. The summed E-state index contributed by atoms with van der Waals surface area (Å²) in [5.41, 5.74) is 2.36. The van der Waals surface area contributed by atoms with E-state index in [1.807, 2.05) is 49.4 Å². The Bertz CT molecular complexity index is 861. The SMILES string of the molecule is CC(CC(=O)c1ccccc1)NC(=O)Cc1ccc(-n2cnnn2)cc1. The van der Waals surface area contributed by atoms with Gasteiger partial charge >= 0.3 is 0 Å². The van der Waals surface area contributed by atoms with Crippen LogP contribution in [0.2, 0.25) is 0 Å². The number of carbonyl (C=O) groups excluding carboxylic acids is 2. The van der Waals surface area contributed by atoms with Gasteiger partial charge in [-0.1, -0.05) is 42.5 Å². The first-order valence-electron chi connectivity index (χ1n) is 8.32. The van der Waals surface area contributed by atoms with Crippen LogP contribution in [0, 0.1) is 0 Å². The first-order valence-corrected chi connectivity index (χ1v) is 8.32. The fourth-order valence-electron chi connectivity index (χ4n) is 2.63. The predicted molar refractivity (Wildman–Crippen MR) is 95.9 cm³/mol. The Morgan fingerprint density at radius 1 is 1.08 bits per heavy atom. The average Bonchev–Trinajstić information content (AvgIpc) is 3.17. The Balaban J connectivity index is 1.51. The molecule has 0 fully saturated rings. The van der Waals surface area contributed by atoms with Crippen LogP contribution in [-0.2, 0) is 11.2 Å². The molecule has 26 heavy (non-hydrogen) atoms. The molecule has 1 heterocycles. The van der Waals surface area contributed by atoms with Crippen molar-refractivity contribution in [1.82, 2.24) is 25.5 Å². The smallest absolute Gasteiger partial charge is 0.224 e. The molecular formula is C19H19N5O2.